The Morgan fingerprint density at radius 1 is 1.27 bits per heavy atom. The minimum absolute atomic E-state index is 1.00. The number of nitrogens with zero attached hydrogens (tertiary/aromatic N) is 1. The van der Waals surface area contributed by atoms with E-state index in [9.17, 15) is 0 Å². The number of aryl methyl sites for hydroxylation is 2. The van der Waals surface area contributed by atoms with Crippen molar-refractivity contribution in [3.63, 3.8) is 0 Å². The average Bonchev–Trinajstić information content (AvgIpc) is 1.97. The molecule has 1 aromatic carbocycles. The Hall–Kier alpha value is -0.250. The highest BCUT2D eigenvalue weighted by atomic mass is 31.0. The zero-order valence-corrected chi connectivity index (χ0v) is 8.83. The Kier molecular flexibility index (Phi) is 2.76. The predicted octanol–water partition coefficient (Wildman–Crippen LogP) is 2.76. The molecule has 0 N–H and O–H groups in total. The topological polar surface area (TPSA) is 12.4 Å². The van der Waals surface area contributed by atoms with Crippen LogP contribution in [0.4, 0.5) is 5.69 Å². The van der Waals surface area contributed by atoms with Crippen LogP contribution < -0.4 is 5.30 Å². The van der Waals surface area contributed by atoms with Crippen LogP contribution in [0.25, 0.3) is 0 Å². The summed E-state index contributed by atoms with van der Waals surface area (Å²) in [4.78, 5) is 0. The molecule has 0 bridgehead atoms. The maximum absolute atomic E-state index is 3.97. The van der Waals surface area contributed by atoms with Crippen LogP contribution in [0.3, 0.4) is 0 Å². The lowest BCUT2D eigenvalue weighted by atomic mass is 10.1. The molecule has 0 saturated heterocycles. The highest BCUT2D eigenvalue weighted by molar-refractivity contribution is 7.27. The molecule has 1 aromatic rings. The molecule has 3 heteroatoms. The van der Waals surface area contributed by atoms with Gasteiger partial charge in [0.25, 0.3) is 0 Å². The summed E-state index contributed by atoms with van der Waals surface area (Å²) in [6.07, 6.45) is 0. The Morgan fingerprint density at radius 3 is 2.45 bits per heavy atom. The second-order valence-electron chi connectivity index (χ2n) is 2.61. The first-order valence-corrected chi connectivity index (χ1v) is 4.42. The molecule has 0 fully saturated rings. The Bertz CT molecular complexity index is 294. The van der Waals surface area contributed by atoms with Gasteiger partial charge in [-0.05, 0) is 51.4 Å². The molecule has 0 spiro atoms. The summed E-state index contributed by atoms with van der Waals surface area (Å²) in [5.41, 5.74) is 3.44. The monoisotopic (exact) mass is 183 g/mol. The second-order valence-corrected chi connectivity index (χ2v) is 3.45. The van der Waals surface area contributed by atoms with E-state index in [4.69, 9.17) is 0 Å². The maximum atomic E-state index is 3.97. The molecule has 1 nitrogen and oxygen atoms in total. The Morgan fingerprint density at radius 2 is 1.91 bits per heavy atom. The number of rotatable bonds is 1. The van der Waals surface area contributed by atoms with Crippen LogP contribution in [0.15, 0.2) is 16.9 Å². The normalized spacial score (nSPS) is 9.73. The van der Waals surface area contributed by atoms with Gasteiger partial charge in [-0.15, -0.1) is 9.24 Å². The molecule has 0 amide bonds. The van der Waals surface area contributed by atoms with Gasteiger partial charge in [-0.3, -0.25) is 0 Å². The molecular weight excluding hydrogens is 172 g/mol. The van der Waals surface area contributed by atoms with E-state index in [0.717, 1.165) is 5.69 Å². The van der Waals surface area contributed by atoms with Gasteiger partial charge in [-0.1, -0.05) is 0 Å². The van der Waals surface area contributed by atoms with Crippen LogP contribution in [-0.2, 0) is 0 Å². The first-order chi connectivity index (χ1) is 5.15. The average molecular weight is 183 g/mol. The Balaban J connectivity index is 3.31. The maximum Gasteiger partial charge on any atom is 0.0704 e. The van der Waals surface area contributed by atoms with E-state index < -0.39 is 0 Å². The molecule has 1 unspecified atom stereocenters. The van der Waals surface area contributed by atoms with Gasteiger partial charge in [0.05, 0.1) is 5.69 Å². The summed E-state index contributed by atoms with van der Waals surface area (Å²) < 4.78 is 3.97. The molecular formula is C8H11NP2. The summed E-state index contributed by atoms with van der Waals surface area (Å²) in [7, 11) is 5.84. The van der Waals surface area contributed by atoms with Crippen molar-refractivity contribution in [1.29, 1.82) is 0 Å². The van der Waals surface area contributed by atoms with Gasteiger partial charge in [0.1, 0.15) is 0 Å². The smallest absolute Gasteiger partial charge is 0.0704 e. The van der Waals surface area contributed by atoms with Crippen LogP contribution in [0.2, 0.25) is 0 Å². The van der Waals surface area contributed by atoms with Crippen molar-refractivity contribution < 1.29 is 0 Å². The van der Waals surface area contributed by atoms with Crippen molar-refractivity contribution in [3.05, 3.63) is 23.3 Å². The molecule has 1 atom stereocenters. The lowest BCUT2D eigenvalue weighted by Crippen LogP contribution is -1.96. The van der Waals surface area contributed by atoms with Crippen LogP contribution in [0, 0.1) is 13.8 Å². The third-order valence-corrected chi connectivity index (χ3v) is 2.57. The first-order valence-electron chi connectivity index (χ1n) is 3.39. The molecule has 0 radical (unpaired) electrons. The predicted molar refractivity (Wildman–Crippen MR) is 55.7 cm³/mol. The molecule has 1 rings (SSSR count). The number of benzene rings is 1. The van der Waals surface area contributed by atoms with E-state index in [1.165, 1.54) is 16.4 Å². The third kappa shape index (κ3) is 1.86. The van der Waals surface area contributed by atoms with Crippen LogP contribution in [0.1, 0.15) is 11.1 Å². The second kappa shape index (κ2) is 3.43. The quantitative estimate of drug-likeness (QED) is 0.593. The molecule has 11 heavy (non-hydrogen) atoms. The third-order valence-electron chi connectivity index (χ3n) is 1.71. The van der Waals surface area contributed by atoms with Crippen molar-refractivity contribution in [1.82, 2.24) is 0 Å². The largest absolute Gasteiger partial charge is 0.236 e. The van der Waals surface area contributed by atoms with Gasteiger partial charge in [0.2, 0.25) is 0 Å². The standard InChI is InChI=1S/C8H11NP2/c1-5-4-8(10)6(2)3-7(5)9-11/h3-4,11H,10H2,1-2H3. The summed E-state index contributed by atoms with van der Waals surface area (Å²) in [6, 6.07) is 4.17. The lowest BCUT2D eigenvalue weighted by Gasteiger charge is -2.03. The van der Waals surface area contributed by atoms with E-state index >= 15 is 0 Å². The highest BCUT2D eigenvalue weighted by Gasteiger charge is 1.98. The fourth-order valence-corrected chi connectivity index (χ4v) is 1.52. The molecule has 58 valence electrons. The van der Waals surface area contributed by atoms with Crippen molar-refractivity contribution in [3.8, 4) is 0 Å². The van der Waals surface area contributed by atoms with Crippen molar-refractivity contribution in [2.75, 3.05) is 0 Å². The molecule has 0 heterocycles. The molecule has 0 aliphatic carbocycles. The van der Waals surface area contributed by atoms with Gasteiger partial charge < -0.3 is 0 Å². The first kappa shape index (κ1) is 8.84. The number of hydrogen-bond donors (Lipinski definition) is 0. The van der Waals surface area contributed by atoms with E-state index in [-0.39, 0.29) is 0 Å². The summed E-state index contributed by atoms with van der Waals surface area (Å²) in [5.74, 6) is 0. The summed E-state index contributed by atoms with van der Waals surface area (Å²) in [5, 5.41) is 1.24. The minimum atomic E-state index is 1.00. The van der Waals surface area contributed by atoms with E-state index in [0.29, 0.717) is 0 Å². The van der Waals surface area contributed by atoms with Gasteiger partial charge in [0.15, 0.2) is 0 Å². The SMILES string of the molecule is Cc1cc(N=P)c(C)cc1P. The van der Waals surface area contributed by atoms with Crippen molar-refractivity contribution >= 4 is 29.3 Å². The highest BCUT2D eigenvalue weighted by Crippen LogP contribution is 2.20. The molecule has 0 aromatic heterocycles. The van der Waals surface area contributed by atoms with Crippen LogP contribution in [-0.4, -0.2) is 0 Å². The fraction of sp³-hybridized carbons (Fsp3) is 0.250. The van der Waals surface area contributed by atoms with Crippen molar-refractivity contribution in [2.45, 2.75) is 13.8 Å². The fourth-order valence-electron chi connectivity index (χ4n) is 0.944. The molecule has 0 aliphatic heterocycles. The van der Waals surface area contributed by atoms with Gasteiger partial charge in [0, 0.05) is 0 Å². The lowest BCUT2D eigenvalue weighted by molar-refractivity contribution is 1.39. The van der Waals surface area contributed by atoms with Gasteiger partial charge >= 0.3 is 0 Å². The Labute approximate surface area is 71.7 Å². The summed E-state index contributed by atoms with van der Waals surface area (Å²) >= 11 is 0. The van der Waals surface area contributed by atoms with Crippen LogP contribution in [0.5, 0.6) is 0 Å². The van der Waals surface area contributed by atoms with Crippen LogP contribution >= 0.6 is 18.3 Å². The molecule has 0 saturated carbocycles. The van der Waals surface area contributed by atoms with Gasteiger partial charge in [-0.25, -0.2) is 4.74 Å². The molecule has 0 aliphatic rings. The van der Waals surface area contributed by atoms with E-state index in [1.54, 1.807) is 0 Å². The number of hydrogen-bond acceptors (Lipinski definition) is 1. The van der Waals surface area contributed by atoms with E-state index in [1.807, 2.05) is 6.92 Å². The van der Waals surface area contributed by atoms with Crippen molar-refractivity contribution in [2.24, 2.45) is 4.74 Å². The minimum Gasteiger partial charge on any atom is -0.236 e. The zero-order chi connectivity index (χ0) is 8.43. The zero-order valence-electron chi connectivity index (χ0n) is 6.68. The van der Waals surface area contributed by atoms with E-state index in [2.05, 4.69) is 42.1 Å². The van der Waals surface area contributed by atoms with Gasteiger partial charge in [-0.2, -0.15) is 0 Å². The summed E-state index contributed by atoms with van der Waals surface area (Å²) in [6.45, 7) is 4.12.